The van der Waals surface area contributed by atoms with Gasteiger partial charge in [0, 0.05) is 24.2 Å². The molecular weight excluding hydrogens is 240 g/mol. The quantitative estimate of drug-likeness (QED) is 0.806. The molecular formula is C15H20N2O2. The lowest BCUT2D eigenvalue weighted by Gasteiger charge is -2.23. The Kier molecular flexibility index (Phi) is 3.07. The van der Waals surface area contributed by atoms with Gasteiger partial charge < -0.3 is 10.8 Å². The molecule has 0 amide bonds. The van der Waals surface area contributed by atoms with Gasteiger partial charge in [0.1, 0.15) is 5.75 Å². The van der Waals surface area contributed by atoms with Crippen LogP contribution < -0.4 is 5.73 Å². The lowest BCUT2D eigenvalue weighted by Crippen LogP contribution is -2.44. The summed E-state index contributed by atoms with van der Waals surface area (Å²) in [6.07, 6.45) is 3.50. The number of fused-ring (bicyclic) bond motifs is 1. The van der Waals surface area contributed by atoms with E-state index in [1.54, 1.807) is 24.3 Å². The molecule has 1 saturated carbocycles. The molecule has 1 saturated heterocycles. The number of hydrogen-bond donors (Lipinski definition) is 2. The van der Waals surface area contributed by atoms with Crippen molar-refractivity contribution in [2.24, 2.45) is 11.7 Å². The molecule has 0 radical (unpaired) electrons. The molecule has 0 bridgehead atoms. The van der Waals surface area contributed by atoms with E-state index < -0.39 is 0 Å². The molecule has 1 heterocycles. The number of hydrogen-bond acceptors (Lipinski definition) is 4. The van der Waals surface area contributed by atoms with E-state index >= 15 is 0 Å². The van der Waals surface area contributed by atoms with Crippen LogP contribution in [0.25, 0.3) is 0 Å². The maximum atomic E-state index is 12.2. The highest BCUT2D eigenvalue weighted by atomic mass is 16.3. The highest BCUT2D eigenvalue weighted by molar-refractivity contribution is 5.97. The molecule has 3 N–H and O–H groups in total. The topological polar surface area (TPSA) is 66.6 Å². The van der Waals surface area contributed by atoms with Crippen LogP contribution >= 0.6 is 0 Å². The number of ketones is 1. The number of phenolic OH excluding ortho intramolecular Hbond substituents is 1. The smallest absolute Gasteiger partial charge is 0.176 e. The standard InChI is InChI=1S/C15H20N2O2/c16-15-7-1-2-12(15)8-17(10-15)9-14(19)11-3-5-13(18)6-4-11/h3-6,12,18H,1-2,7-10,16H2/t12-,15-/m0/s1. The second-order valence-electron chi connectivity index (χ2n) is 5.96. The molecule has 0 aromatic heterocycles. The fourth-order valence-electron chi connectivity index (χ4n) is 3.51. The second kappa shape index (κ2) is 4.62. The van der Waals surface area contributed by atoms with Crippen molar-refractivity contribution in [3.8, 4) is 5.75 Å². The highest BCUT2D eigenvalue weighted by Gasteiger charge is 2.46. The molecule has 102 valence electrons. The van der Waals surface area contributed by atoms with Gasteiger partial charge >= 0.3 is 0 Å². The van der Waals surface area contributed by atoms with E-state index in [0.29, 0.717) is 18.0 Å². The predicted molar refractivity (Wildman–Crippen MR) is 73.1 cm³/mol. The third-order valence-electron chi connectivity index (χ3n) is 4.56. The lowest BCUT2D eigenvalue weighted by molar-refractivity contribution is 0.0940. The van der Waals surface area contributed by atoms with Crippen LogP contribution in [0.2, 0.25) is 0 Å². The van der Waals surface area contributed by atoms with Crippen molar-refractivity contribution in [2.75, 3.05) is 19.6 Å². The molecule has 1 aliphatic heterocycles. The molecule has 2 atom stereocenters. The number of nitrogens with two attached hydrogens (primary N) is 1. The Labute approximate surface area is 113 Å². The molecule has 0 unspecified atom stereocenters. The number of nitrogens with zero attached hydrogens (tertiary/aromatic N) is 1. The maximum absolute atomic E-state index is 12.2. The Bertz CT molecular complexity index is 485. The summed E-state index contributed by atoms with van der Waals surface area (Å²) in [6.45, 7) is 2.21. The SMILES string of the molecule is N[C@]12CCC[C@H]1CN(CC(=O)c1ccc(O)cc1)C2. The molecule has 1 aromatic rings. The van der Waals surface area contributed by atoms with Crippen LogP contribution in [0.5, 0.6) is 5.75 Å². The number of phenols is 1. The Morgan fingerprint density at radius 1 is 1.42 bits per heavy atom. The van der Waals surface area contributed by atoms with E-state index in [9.17, 15) is 9.90 Å². The van der Waals surface area contributed by atoms with Crippen LogP contribution in [0, 0.1) is 5.92 Å². The number of aromatic hydroxyl groups is 1. The zero-order chi connectivity index (χ0) is 13.5. The third kappa shape index (κ3) is 2.38. The summed E-state index contributed by atoms with van der Waals surface area (Å²) in [6, 6.07) is 6.45. The van der Waals surface area contributed by atoms with Crippen molar-refractivity contribution in [1.29, 1.82) is 0 Å². The van der Waals surface area contributed by atoms with Crippen molar-refractivity contribution in [3.63, 3.8) is 0 Å². The van der Waals surface area contributed by atoms with Gasteiger partial charge in [0.15, 0.2) is 5.78 Å². The number of carbonyl (C=O) groups is 1. The molecule has 1 aromatic carbocycles. The lowest BCUT2D eigenvalue weighted by atomic mass is 9.92. The van der Waals surface area contributed by atoms with Gasteiger partial charge in [-0.25, -0.2) is 0 Å². The first-order valence-electron chi connectivity index (χ1n) is 6.90. The molecule has 1 aliphatic carbocycles. The first-order chi connectivity index (χ1) is 9.07. The summed E-state index contributed by atoms with van der Waals surface area (Å²) in [5.74, 6) is 0.844. The van der Waals surface area contributed by atoms with Crippen LogP contribution in [0.4, 0.5) is 0 Å². The van der Waals surface area contributed by atoms with Gasteiger partial charge in [-0.3, -0.25) is 9.69 Å². The van der Waals surface area contributed by atoms with E-state index in [-0.39, 0.29) is 17.1 Å². The Morgan fingerprint density at radius 3 is 2.84 bits per heavy atom. The molecule has 2 fully saturated rings. The van der Waals surface area contributed by atoms with Gasteiger partial charge in [0.25, 0.3) is 0 Å². The predicted octanol–water partition coefficient (Wildman–Crippen LogP) is 1.39. The van der Waals surface area contributed by atoms with E-state index in [1.165, 1.54) is 12.8 Å². The first kappa shape index (κ1) is 12.6. The summed E-state index contributed by atoms with van der Waals surface area (Å²) in [5, 5.41) is 9.23. The molecule has 3 rings (SSSR count). The average Bonchev–Trinajstić information content (AvgIpc) is 2.84. The van der Waals surface area contributed by atoms with Crippen LogP contribution in [0.15, 0.2) is 24.3 Å². The Morgan fingerprint density at radius 2 is 2.16 bits per heavy atom. The minimum atomic E-state index is -0.0603. The minimum absolute atomic E-state index is 0.0603. The van der Waals surface area contributed by atoms with Gasteiger partial charge in [0.2, 0.25) is 0 Å². The normalized spacial score (nSPS) is 30.5. The Balaban J connectivity index is 1.63. The molecule has 4 heteroatoms. The fourth-order valence-corrected chi connectivity index (χ4v) is 3.51. The highest BCUT2D eigenvalue weighted by Crippen LogP contribution is 2.39. The number of benzene rings is 1. The summed E-state index contributed by atoms with van der Waals surface area (Å²) in [4.78, 5) is 14.4. The maximum Gasteiger partial charge on any atom is 0.176 e. The van der Waals surface area contributed by atoms with Gasteiger partial charge in [-0.05, 0) is 43.0 Å². The summed E-state index contributed by atoms with van der Waals surface area (Å²) in [5.41, 5.74) is 7.00. The monoisotopic (exact) mass is 260 g/mol. The van der Waals surface area contributed by atoms with Gasteiger partial charge in [-0.2, -0.15) is 0 Å². The molecule has 0 spiro atoms. The minimum Gasteiger partial charge on any atom is -0.508 e. The zero-order valence-electron chi connectivity index (χ0n) is 11.0. The van der Waals surface area contributed by atoms with Crippen molar-refractivity contribution >= 4 is 5.78 Å². The first-order valence-corrected chi connectivity index (χ1v) is 6.90. The number of Topliss-reactive ketones (excluding diaryl/α,β-unsaturated/α-hetero) is 1. The van der Waals surface area contributed by atoms with E-state index in [4.69, 9.17) is 5.73 Å². The van der Waals surface area contributed by atoms with Crippen molar-refractivity contribution < 1.29 is 9.90 Å². The van der Waals surface area contributed by atoms with Crippen molar-refractivity contribution in [3.05, 3.63) is 29.8 Å². The molecule has 19 heavy (non-hydrogen) atoms. The Hall–Kier alpha value is -1.39. The average molecular weight is 260 g/mol. The molecule has 2 aliphatic rings. The number of likely N-dealkylation sites (tertiary alicyclic amines) is 1. The fraction of sp³-hybridized carbons (Fsp3) is 0.533. The van der Waals surface area contributed by atoms with Gasteiger partial charge in [0.05, 0.1) is 6.54 Å². The molecule has 4 nitrogen and oxygen atoms in total. The van der Waals surface area contributed by atoms with Crippen LogP contribution in [-0.2, 0) is 0 Å². The summed E-state index contributed by atoms with van der Waals surface area (Å²) < 4.78 is 0. The van der Waals surface area contributed by atoms with Crippen LogP contribution in [0.1, 0.15) is 29.6 Å². The summed E-state index contributed by atoms with van der Waals surface area (Å²) >= 11 is 0. The van der Waals surface area contributed by atoms with Crippen molar-refractivity contribution in [1.82, 2.24) is 4.90 Å². The second-order valence-corrected chi connectivity index (χ2v) is 5.96. The third-order valence-corrected chi connectivity index (χ3v) is 4.56. The van der Waals surface area contributed by atoms with Crippen LogP contribution in [0.3, 0.4) is 0 Å². The number of carbonyl (C=O) groups excluding carboxylic acids is 1. The van der Waals surface area contributed by atoms with Crippen LogP contribution in [-0.4, -0.2) is 41.0 Å². The van der Waals surface area contributed by atoms with Gasteiger partial charge in [-0.15, -0.1) is 0 Å². The van der Waals surface area contributed by atoms with E-state index in [2.05, 4.69) is 4.90 Å². The number of rotatable bonds is 3. The largest absolute Gasteiger partial charge is 0.508 e. The zero-order valence-corrected chi connectivity index (χ0v) is 11.0. The van der Waals surface area contributed by atoms with Gasteiger partial charge in [-0.1, -0.05) is 6.42 Å². The van der Waals surface area contributed by atoms with E-state index in [1.807, 2.05) is 0 Å². The van der Waals surface area contributed by atoms with E-state index in [0.717, 1.165) is 19.5 Å². The summed E-state index contributed by atoms with van der Waals surface area (Å²) in [7, 11) is 0. The van der Waals surface area contributed by atoms with Crippen molar-refractivity contribution in [2.45, 2.75) is 24.8 Å².